The lowest BCUT2D eigenvalue weighted by Gasteiger charge is -2.36. The van der Waals surface area contributed by atoms with Crippen LogP contribution in [0.25, 0.3) is 0 Å². The maximum Gasteiger partial charge on any atom is 0.141 e. The van der Waals surface area contributed by atoms with Crippen molar-refractivity contribution >= 4 is 5.78 Å². The summed E-state index contributed by atoms with van der Waals surface area (Å²) in [6, 6.07) is 0. The molecule has 0 bridgehead atoms. The molecule has 0 aliphatic carbocycles. The van der Waals surface area contributed by atoms with Crippen LogP contribution in [0.4, 0.5) is 0 Å². The monoisotopic (exact) mass is 184 g/mol. The summed E-state index contributed by atoms with van der Waals surface area (Å²) in [7, 11) is 0. The number of carbonyl (C=O) groups is 1. The van der Waals surface area contributed by atoms with Crippen LogP contribution in [0.15, 0.2) is 0 Å². The van der Waals surface area contributed by atoms with Crippen LogP contribution in [0.5, 0.6) is 0 Å². The molecule has 0 atom stereocenters. The number of rotatable bonds is 3. The van der Waals surface area contributed by atoms with Gasteiger partial charge in [0.15, 0.2) is 0 Å². The van der Waals surface area contributed by atoms with Gasteiger partial charge in [0, 0.05) is 24.5 Å². The van der Waals surface area contributed by atoms with Gasteiger partial charge in [-0.3, -0.25) is 4.79 Å². The van der Waals surface area contributed by atoms with Crippen LogP contribution in [0.3, 0.4) is 0 Å². The maximum atomic E-state index is 12.0. The SMILES string of the molecule is CCC1(C(=O)C(C)C)CCOCC1. The molecule has 1 fully saturated rings. The van der Waals surface area contributed by atoms with Crippen molar-refractivity contribution in [2.24, 2.45) is 11.3 Å². The Kier molecular flexibility index (Phi) is 3.48. The molecule has 1 aliphatic heterocycles. The molecule has 1 rings (SSSR count). The van der Waals surface area contributed by atoms with E-state index in [1.807, 2.05) is 13.8 Å². The van der Waals surface area contributed by atoms with E-state index in [0.29, 0.717) is 5.78 Å². The molecule has 13 heavy (non-hydrogen) atoms. The Labute approximate surface area is 80.7 Å². The number of carbonyl (C=O) groups excluding carboxylic acids is 1. The fraction of sp³-hybridized carbons (Fsp3) is 0.909. The Hall–Kier alpha value is -0.370. The lowest BCUT2D eigenvalue weighted by atomic mass is 9.71. The molecular weight excluding hydrogens is 164 g/mol. The van der Waals surface area contributed by atoms with Crippen LogP contribution in [-0.4, -0.2) is 19.0 Å². The minimum absolute atomic E-state index is 0.0631. The second-order valence-corrected chi connectivity index (χ2v) is 4.27. The predicted molar refractivity (Wildman–Crippen MR) is 52.6 cm³/mol. The third-order valence-electron chi connectivity index (χ3n) is 3.17. The smallest absolute Gasteiger partial charge is 0.141 e. The zero-order valence-electron chi connectivity index (χ0n) is 8.93. The summed E-state index contributed by atoms with van der Waals surface area (Å²) < 4.78 is 5.30. The molecule has 0 radical (unpaired) electrons. The highest BCUT2D eigenvalue weighted by Crippen LogP contribution is 2.37. The highest BCUT2D eigenvalue weighted by molar-refractivity contribution is 5.86. The number of hydrogen-bond acceptors (Lipinski definition) is 2. The molecular formula is C11H20O2. The number of ketones is 1. The molecule has 0 unspecified atom stereocenters. The van der Waals surface area contributed by atoms with Gasteiger partial charge in [-0.2, -0.15) is 0 Å². The lowest BCUT2D eigenvalue weighted by Crippen LogP contribution is -2.39. The largest absolute Gasteiger partial charge is 0.381 e. The second kappa shape index (κ2) is 4.23. The predicted octanol–water partition coefficient (Wildman–Crippen LogP) is 2.42. The average Bonchev–Trinajstić information content (AvgIpc) is 2.17. The third kappa shape index (κ3) is 2.11. The van der Waals surface area contributed by atoms with Crippen molar-refractivity contribution in [1.29, 1.82) is 0 Å². The fourth-order valence-electron chi connectivity index (χ4n) is 2.15. The van der Waals surface area contributed by atoms with Gasteiger partial charge in [-0.1, -0.05) is 20.8 Å². The quantitative estimate of drug-likeness (QED) is 0.673. The molecule has 1 heterocycles. The first-order valence-corrected chi connectivity index (χ1v) is 5.24. The molecule has 2 heteroatoms. The first kappa shape index (κ1) is 10.7. The number of hydrogen-bond donors (Lipinski definition) is 0. The van der Waals surface area contributed by atoms with Crippen molar-refractivity contribution in [3.63, 3.8) is 0 Å². The van der Waals surface area contributed by atoms with Gasteiger partial charge < -0.3 is 4.74 Å². The Bertz CT molecular complexity index is 179. The summed E-state index contributed by atoms with van der Waals surface area (Å²) >= 11 is 0. The Morgan fingerprint density at radius 3 is 2.31 bits per heavy atom. The van der Waals surface area contributed by atoms with Gasteiger partial charge in [-0.25, -0.2) is 0 Å². The summed E-state index contributed by atoms with van der Waals surface area (Å²) in [6.45, 7) is 7.62. The summed E-state index contributed by atoms with van der Waals surface area (Å²) in [4.78, 5) is 12.0. The lowest BCUT2D eigenvalue weighted by molar-refractivity contribution is -0.137. The van der Waals surface area contributed by atoms with Gasteiger partial charge in [0.1, 0.15) is 5.78 Å². The Morgan fingerprint density at radius 2 is 1.92 bits per heavy atom. The van der Waals surface area contributed by atoms with E-state index in [-0.39, 0.29) is 11.3 Å². The highest BCUT2D eigenvalue weighted by Gasteiger charge is 2.38. The van der Waals surface area contributed by atoms with Gasteiger partial charge in [-0.15, -0.1) is 0 Å². The fourth-order valence-corrected chi connectivity index (χ4v) is 2.15. The molecule has 0 aromatic heterocycles. The first-order chi connectivity index (χ1) is 6.12. The van der Waals surface area contributed by atoms with Crippen molar-refractivity contribution in [3.8, 4) is 0 Å². The summed E-state index contributed by atoms with van der Waals surface area (Å²) in [5, 5.41) is 0. The molecule has 1 aliphatic rings. The van der Waals surface area contributed by atoms with Gasteiger partial charge in [-0.05, 0) is 19.3 Å². The van der Waals surface area contributed by atoms with Gasteiger partial charge in [0.25, 0.3) is 0 Å². The molecule has 76 valence electrons. The number of ether oxygens (including phenoxy) is 1. The molecule has 0 aromatic rings. The van der Waals surface area contributed by atoms with Crippen molar-refractivity contribution in [1.82, 2.24) is 0 Å². The van der Waals surface area contributed by atoms with Gasteiger partial charge in [0.2, 0.25) is 0 Å². The third-order valence-corrected chi connectivity index (χ3v) is 3.17. The van der Waals surface area contributed by atoms with E-state index in [2.05, 4.69) is 6.92 Å². The Morgan fingerprint density at radius 1 is 1.38 bits per heavy atom. The van der Waals surface area contributed by atoms with Crippen LogP contribution >= 0.6 is 0 Å². The van der Waals surface area contributed by atoms with Crippen molar-refractivity contribution < 1.29 is 9.53 Å². The van der Waals surface area contributed by atoms with E-state index in [1.54, 1.807) is 0 Å². The van der Waals surface area contributed by atoms with Crippen LogP contribution in [0, 0.1) is 11.3 Å². The Balaban J connectivity index is 2.72. The zero-order valence-corrected chi connectivity index (χ0v) is 8.93. The summed E-state index contributed by atoms with van der Waals surface area (Å²) in [5.41, 5.74) is -0.0631. The maximum absolute atomic E-state index is 12.0. The summed E-state index contributed by atoms with van der Waals surface area (Å²) in [5.74, 6) is 0.594. The average molecular weight is 184 g/mol. The molecule has 0 spiro atoms. The molecule has 0 N–H and O–H groups in total. The second-order valence-electron chi connectivity index (χ2n) is 4.27. The molecule has 1 saturated heterocycles. The van der Waals surface area contributed by atoms with E-state index in [0.717, 1.165) is 32.5 Å². The van der Waals surface area contributed by atoms with Crippen LogP contribution in [-0.2, 0) is 9.53 Å². The van der Waals surface area contributed by atoms with E-state index >= 15 is 0 Å². The van der Waals surface area contributed by atoms with E-state index in [1.165, 1.54) is 0 Å². The summed E-state index contributed by atoms with van der Waals surface area (Å²) in [6.07, 6.45) is 2.80. The zero-order chi connectivity index (χ0) is 9.90. The molecule has 0 saturated carbocycles. The highest BCUT2D eigenvalue weighted by atomic mass is 16.5. The minimum atomic E-state index is -0.0631. The van der Waals surface area contributed by atoms with Crippen molar-refractivity contribution in [3.05, 3.63) is 0 Å². The standard InChI is InChI=1S/C11H20O2/c1-4-11(10(12)9(2)3)5-7-13-8-6-11/h9H,4-8H2,1-3H3. The van der Waals surface area contributed by atoms with Gasteiger partial charge >= 0.3 is 0 Å². The first-order valence-electron chi connectivity index (χ1n) is 5.24. The topological polar surface area (TPSA) is 26.3 Å². The van der Waals surface area contributed by atoms with E-state index in [9.17, 15) is 4.79 Å². The van der Waals surface area contributed by atoms with Crippen LogP contribution < -0.4 is 0 Å². The van der Waals surface area contributed by atoms with Gasteiger partial charge in [0.05, 0.1) is 0 Å². The molecule has 0 aromatic carbocycles. The van der Waals surface area contributed by atoms with Crippen LogP contribution in [0.1, 0.15) is 40.0 Å². The minimum Gasteiger partial charge on any atom is -0.381 e. The van der Waals surface area contributed by atoms with E-state index in [4.69, 9.17) is 4.74 Å². The molecule has 2 nitrogen and oxygen atoms in total. The van der Waals surface area contributed by atoms with Crippen molar-refractivity contribution in [2.75, 3.05) is 13.2 Å². The van der Waals surface area contributed by atoms with Crippen LogP contribution in [0.2, 0.25) is 0 Å². The normalized spacial score (nSPS) is 21.8. The van der Waals surface area contributed by atoms with Crippen molar-refractivity contribution in [2.45, 2.75) is 40.0 Å². The molecule has 0 amide bonds. The van der Waals surface area contributed by atoms with E-state index < -0.39 is 0 Å². The number of Topliss-reactive ketones (excluding diaryl/α,β-unsaturated/α-hetero) is 1.